The van der Waals surface area contributed by atoms with E-state index in [1.165, 1.54) is 0 Å². The van der Waals surface area contributed by atoms with Crippen LogP contribution in [0.2, 0.25) is 5.02 Å². The van der Waals surface area contributed by atoms with Crippen molar-refractivity contribution < 1.29 is 0 Å². The number of aromatic amines is 1. The molecule has 0 aromatic carbocycles. The maximum Gasteiger partial charge on any atom is 0.181 e. The Labute approximate surface area is 143 Å². The van der Waals surface area contributed by atoms with Crippen molar-refractivity contribution in [3.05, 3.63) is 59.0 Å². The van der Waals surface area contributed by atoms with E-state index >= 15 is 0 Å². The van der Waals surface area contributed by atoms with Gasteiger partial charge in [-0.25, -0.2) is 4.98 Å². The van der Waals surface area contributed by atoms with Gasteiger partial charge >= 0.3 is 0 Å². The monoisotopic (exact) mass is 335 g/mol. The molecule has 0 unspecified atom stereocenters. The van der Waals surface area contributed by atoms with Crippen LogP contribution in [0.1, 0.15) is 11.3 Å². The first-order valence-corrected chi connectivity index (χ1v) is 7.90. The summed E-state index contributed by atoms with van der Waals surface area (Å²) >= 11 is 6.04. The molecule has 0 aliphatic carbocycles. The minimum Gasteiger partial charge on any atom is -0.273 e. The topological polar surface area (TPSA) is 67.3 Å². The molecule has 24 heavy (non-hydrogen) atoms. The lowest BCUT2D eigenvalue weighted by atomic mass is 10.1. The van der Waals surface area contributed by atoms with Gasteiger partial charge in [0, 0.05) is 29.0 Å². The number of halogens is 1. The lowest BCUT2D eigenvalue weighted by molar-refractivity contribution is 1.09. The number of H-pyrrole nitrogens is 1. The molecule has 4 aromatic heterocycles. The van der Waals surface area contributed by atoms with Gasteiger partial charge in [-0.15, -0.1) is 0 Å². The average Bonchev–Trinajstić information content (AvgIpc) is 3.00. The van der Waals surface area contributed by atoms with Crippen molar-refractivity contribution in [2.75, 3.05) is 0 Å². The van der Waals surface area contributed by atoms with Crippen LogP contribution in [-0.2, 0) is 0 Å². The lowest BCUT2D eigenvalue weighted by Crippen LogP contribution is -1.92. The Morgan fingerprint density at radius 1 is 1.00 bits per heavy atom. The van der Waals surface area contributed by atoms with E-state index in [4.69, 9.17) is 11.6 Å². The fraction of sp³-hybridized carbons (Fsp3) is 0.111. The summed E-state index contributed by atoms with van der Waals surface area (Å²) in [5.74, 6) is 0. The number of fused-ring (bicyclic) bond motifs is 1. The van der Waals surface area contributed by atoms with Gasteiger partial charge in [0.05, 0.1) is 22.1 Å². The van der Waals surface area contributed by atoms with Crippen LogP contribution in [0.25, 0.3) is 33.7 Å². The molecule has 5 nitrogen and oxygen atoms in total. The van der Waals surface area contributed by atoms with E-state index < -0.39 is 0 Å². The van der Waals surface area contributed by atoms with Crippen LogP contribution < -0.4 is 0 Å². The van der Waals surface area contributed by atoms with E-state index in [9.17, 15) is 0 Å². The first-order chi connectivity index (χ1) is 11.6. The fourth-order valence-corrected chi connectivity index (χ4v) is 2.83. The summed E-state index contributed by atoms with van der Waals surface area (Å²) in [6.07, 6.45) is 3.41. The van der Waals surface area contributed by atoms with Crippen LogP contribution in [0.15, 0.2) is 42.7 Å². The zero-order valence-corrected chi connectivity index (χ0v) is 14.0. The molecule has 0 saturated heterocycles. The summed E-state index contributed by atoms with van der Waals surface area (Å²) in [6.45, 7) is 4.03. The maximum atomic E-state index is 6.04. The number of nitrogens with zero attached hydrogens (tertiary/aromatic N) is 4. The highest BCUT2D eigenvalue weighted by atomic mass is 35.5. The van der Waals surface area contributed by atoms with Gasteiger partial charge < -0.3 is 0 Å². The molecular weight excluding hydrogens is 322 g/mol. The molecule has 4 aromatic rings. The van der Waals surface area contributed by atoms with Crippen LogP contribution in [0, 0.1) is 13.8 Å². The first-order valence-electron chi connectivity index (χ1n) is 7.52. The molecule has 0 saturated carbocycles. The molecule has 0 bridgehead atoms. The van der Waals surface area contributed by atoms with Crippen molar-refractivity contribution in [2.24, 2.45) is 0 Å². The van der Waals surface area contributed by atoms with Gasteiger partial charge in [-0.3, -0.25) is 15.1 Å². The minimum absolute atomic E-state index is 0.571. The van der Waals surface area contributed by atoms with E-state index in [1.807, 2.05) is 44.3 Å². The van der Waals surface area contributed by atoms with Gasteiger partial charge in [-0.2, -0.15) is 5.10 Å². The molecule has 118 valence electrons. The van der Waals surface area contributed by atoms with Crippen molar-refractivity contribution >= 4 is 22.6 Å². The summed E-state index contributed by atoms with van der Waals surface area (Å²) < 4.78 is 0. The van der Waals surface area contributed by atoms with E-state index in [0.29, 0.717) is 10.7 Å². The highest BCUT2D eigenvalue weighted by molar-refractivity contribution is 6.31. The second-order valence-corrected chi connectivity index (χ2v) is 6.11. The van der Waals surface area contributed by atoms with E-state index in [2.05, 4.69) is 31.2 Å². The van der Waals surface area contributed by atoms with E-state index in [-0.39, 0.29) is 0 Å². The van der Waals surface area contributed by atoms with Gasteiger partial charge in [-0.05, 0) is 43.7 Å². The summed E-state index contributed by atoms with van der Waals surface area (Å²) in [4.78, 5) is 13.4. The highest BCUT2D eigenvalue weighted by Crippen LogP contribution is 2.28. The number of pyridine rings is 3. The fourth-order valence-electron chi connectivity index (χ4n) is 2.67. The zero-order chi connectivity index (χ0) is 16.7. The third kappa shape index (κ3) is 2.53. The van der Waals surface area contributed by atoms with Crippen molar-refractivity contribution in [2.45, 2.75) is 13.8 Å². The van der Waals surface area contributed by atoms with Crippen LogP contribution in [-0.4, -0.2) is 25.1 Å². The standard InChI is InChI=1S/C18H14ClN5/c1-10-3-4-11(2)22-16(10)12-5-6-15(20-8-12)17-14-7-13(19)9-21-18(14)24-23-17/h3-9H,1-2H3,(H,21,23,24). The Kier molecular flexibility index (Phi) is 3.50. The Bertz CT molecular complexity index is 1040. The van der Waals surface area contributed by atoms with Crippen molar-refractivity contribution in [3.63, 3.8) is 0 Å². The maximum absolute atomic E-state index is 6.04. The Hall–Kier alpha value is -2.79. The van der Waals surface area contributed by atoms with Gasteiger partial charge in [0.25, 0.3) is 0 Å². The van der Waals surface area contributed by atoms with Gasteiger partial charge in [0.2, 0.25) is 0 Å². The number of nitrogens with one attached hydrogen (secondary N) is 1. The predicted octanol–water partition coefficient (Wildman–Crippen LogP) is 4.35. The molecule has 0 amide bonds. The highest BCUT2D eigenvalue weighted by Gasteiger charge is 2.11. The summed E-state index contributed by atoms with van der Waals surface area (Å²) in [5.41, 5.74) is 6.26. The Balaban J connectivity index is 1.78. The molecule has 0 fully saturated rings. The predicted molar refractivity (Wildman–Crippen MR) is 94.8 cm³/mol. The summed E-state index contributed by atoms with van der Waals surface area (Å²) in [7, 11) is 0. The molecule has 0 aliphatic rings. The van der Waals surface area contributed by atoms with Crippen molar-refractivity contribution in [1.82, 2.24) is 25.1 Å². The second kappa shape index (κ2) is 5.69. The quantitative estimate of drug-likeness (QED) is 0.591. The molecule has 4 rings (SSSR count). The van der Waals surface area contributed by atoms with Gasteiger partial charge in [0.1, 0.15) is 0 Å². The molecule has 4 heterocycles. The van der Waals surface area contributed by atoms with Crippen molar-refractivity contribution in [3.8, 4) is 22.6 Å². The molecular formula is C18H14ClN5. The van der Waals surface area contributed by atoms with E-state index in [0.717, 1.165) is 39.3 Å². The minimum atomic E-state index is 0.571. The number of aromatic nitrogens is 5. The SMILES string of the molecule is Cc1ccc(C)c(-c2ccc(-c3[nH]nc4ncc(Cl)cc34)nc2)n1. The van der Waals surface area contributed by atoms with Gasteiger partial charge in [-0.1, -0.05) is 17.7 Å². The van der Waals surface area contributed by atoms with Crippen molar-refractivity contribution in [1.29, 1.82) is 0 Å². The Morgan fingerprint density at radius 2 is 1.88 bits per heavy atom. The smallest absolute Gasteiger partial charge is 0.181 e. The lowest BCUT2D eigenvalue weighted by Gasteiger charge is -2.06. The molecule has 0 aliphatic heterocycles. The van der Waals surface area contributed by atoms with E-state index in [1.54, 1.807) is 6.20 Å². The number of hydrogen-bond acceptors (Lipinski definition) is 4. The third-order valence-corrected chi connectivity index (χ3v) is 4.11. The molecule has 1 N–H and O–H groups in total. The van der Waals surface area contributed by atoms with Crippen LogP contribution >= 0.6 is 11.6 Å². The second-order valence-electron chi connectivity index (χ2n) is 5.67. The number of aryl methyl sites for hydroxylation is 2. The average molecular weight is 336 g/mol. The number of hydrogen-bond donors (Lipinski definition) is 1. The zero-order valence-electron chi connectivity index (χ0n) is 13.2. The molecule has 0 spiro atoms. The molecule has 0 radical (unpaired) electrons. The summed E-state index contributed by atoms with van der Waals surface area (Å²) in [5, 5.41) is 8.61. The first kappa shape index (κ1) is 14.8. The molecule has 0 atom stereocenters. The largest absolute Gasteiger partial charge is 0.273 e. The normalized spacial score (nSPS) is 11.1. The number of rotatable bonds is 2. The molecule has 6 heteroatoms. The summed E-state index contributed by atoms with van der Waals surface area (Å²) in [6, 6.07) is 9.88. The van der Waals surface area contributed by atoms with Gasteiger partial charge in [0.15, 0.2) is 5.65 Å². The van der Waals surface area contributed by atoms with Crippen LogP contribution in [0.4, 0.5) is 0 Å². The Morgan fingerprint density at radius 3 is 2.67 bits per heavy atom. The third-order valence-electron chi connectivity index (χ3n) is 3.91. The van der Waals surface area contributed by atoms with Crippen LogP contribution in [0.5, 0.6) is 0 Å². The van der Waals surface area contributed by atoms with Crippen LogP contribution in [0.3, 0.4) is 0 Å².